The van der Waals surface area contributed by atoms with Crippen molar-refractivity contribution in [1.82, 2.24) is 10.2 Å². The Balaban J connectivity index is 1.77. The zero-order chi connectivity index (χ0) is 14.0. The van der Waals surface area contributed by atoms with E-state index in [0.29, 0.717) is 6.04 Å². The smallest absolute Gasteiger partial charge is 0.124 e. The summed E-state index contributed by atoms with van der Waals surface area (Å²) in [4.78, 5) is 2.23. The molecule has 0 radical (unpaired) electrons. The first kappa shape index (κ1) is 13.9. The van der Waals surface area contributed by atoms with Crippen LogP contribution in [0.15, 0.2) is 24.3 Å². The van der Waals surface area contributed by atoms with Crippen LogP contribution in [0.3, 0.4) is 0 Å². The van der Waals surface area contributed by atoms with Gasteiger partial charge in [-0.05, 0) is 45.8 Å². The third-order valence-corrected chi connectivity index (χ3v) is 4.66. The van der Waals surface area contributed by atoms with Gasteiger partial charge in [0.2, 0.25) is 0 Å². The van der Waals surface area contributed by atoms with Crippen LogP contribution in [0.1, 0.15) is 43.7 Å². The molecule has 3 nitrogen and oxygen atoms in total. The summed E-state index contributed by atoms with van der Waals surface area (Å²) in [6, 6.07) is 9.00. The molecule has 0 amide bonds. The van der Waals surface area contributed by atoms with Gasteiger partial charge in [-0.2, -0.15) is 0 Å². The third kappa shape index (κ3) is 2.84. The van der Waals surface area contributed by atoms with Gasteiger partial charge in [0.1, 0.15) is 11.4 Å². The van der Waals surface area contributed by atoms with Gasteiger partial charge in [-0.15, -0.1) is 0 Å². The van der Waals surface area contributed by atoms with E-state index in [1.54, 1.807) is 0 Å². The van der Waals surface area contributed by atoms with Crippen LogP contribution < -0.4 is 10.1 Å². The molecule has 0 bridgehead atoms. The Labute approximate surface area is 122 Å². The number of hydrogen-bond acceptors (Lipinski definition) is 3. The molecule has 1 aromatic carbocycles. The van der Waals surface area contributed by atoms with Gasteiger partial charge in [-0.25, -0.2) is 0 Å². The Morgan fingerprint density at radius 2 is 2.00 bits per heavy atom. The molecule has 2 aliphatic rings. The van der Waals surface area contributed by atoms with Gasteiger partial charge in [0.05, 0.1) is 0 Å². The molecule has 1 heterocycles. The lowest BCUT2D eigenvalue weighted by Gasteiger charge is -2.40. The number of hydrogen-bond donors (Lipinski definition) is 1. The molecule has 3 heteroatoms. The van der Waals surface area contributed by atoms with Crippen molar-refractivity contribution in [2.45, 2.75) is 43.7 Å². The number of nitrogens with one attached hydrogen (secondary N) is 1. The van der Waals surface area contributed by atoms with Crippen LogP contribution in [0.4, 0.5) is 0 Å². The van der Waals surface area contributed by atoms with E-state index in [4.69, 9.17) is 4.74 Å². The third-order valence-electron chi connectivity index (χ3n) is 4.66. The summed E-state index contributed by atoms with van der Waals surface area (Å²) in [5, 5.41) is 3.74. The van der Waals surface area contributed by atoms with E-state index in [1.165, 1.54) is 31.2 Å². The fourth-order valence-electron chi connectivity index (χ4n) is 3.59. The van der Waals surface area contributed by atoms with Crippen LogP contribution in [0.25, 0.3) is 0 Å². The summed E-state index contributed by atoms with van der Waals surface area (Å²) in [6.45, 7) is 2.11. The molecule has 0 aromatic heterocycles. The molecule has 1 N–H and O–H groups in total. The van der Waals surface area contributed by atoms with Crippen LogP contribution in [-0.4, -0.2) is 37.7 Å². The highest BCUT2D eigenvalue weighted by Gasteiger charge is 2.42. The van der Waals surface area contributed by atoms with Crippen molar-refractivity contribution in [1.29, 1.82) is 0 Å². The molecular weight excluding hydrogens is 248 g/mol. The molecule has 110 valence electrons. The number of benzene rings is 1. The van der Waals surface area contributed by atoms with Gasteiger partial charge in [0.15, 0.2) is 0 Å². The molecule has 20 heavy (non-hydrogen) atoms. The number of fused-ring (bicyclic) bond motifs is 1. The lowest BCUT2D eigenvalue weighted by molar-refractivity contribution is 0.0366. The largest absolute Gasteiger partial charge is 0.487 e. The van der Waals surface area contributed by atoms with Gasteiger partial charge in [0.25, 0.3) is 0 Å². The average molecular weight is 274 g/mol. The maximum atomic E-state index is 6.39. The minimum atomic E-state index is 0.101. The molecular formula is C17H26N2O. The first-order valence-corrected chi connectivity index (χ1v) is 7.85. The summed E-state index contributed by atoms with van der Waals surface area (Å²) in [6.07, 6.45) is 6.18. The SMILES string of the molecule is CN(C)CCNC1CC2(CCCC2)Oc2ccccc21. The predicted octanol–water partition coefficient (Wildman–Crippen LogP) is 2.97. The van der Waals surface area contributed by atoms with E-state index in [1.807, 2.05) is 0 Å². The molecule has 1 spiro atoms. The molecule has 1 fully saturated rings. The Morgan fingerprint density at radius 1 is 1.25 bits per heavy atom. The molecule has 1 aliphatic carbocycles. The van der Waals surface area contributed by atoms with E-state index in [0.717, 1.165) is 25.3 Å². The first-order chi connectivity index (χ1) is 9.69. The number of nitrogens with zero attached hydrogens (tertiary/aromatic N) is 1. The van der Waals surface area contributed by atoms with E-state index >= 15 is 0 Å². The minimum absolute atomic E-state index is 0.101. The topological polar surface area (TPSA) is 24.5 Å². The van der Waals surface area contributed by atoms with E-state index < -0.39 is 0 Å². The summed E-state index contributed by atoms with van der Waals surface area (Å²) < 4.78 is 6.39. The zero-order valence-electron chi connectivity index (χ0n) is 12.7. The quantitative estimate of drug-likeness (QED) is 0.913. The Kier molecular flexibility index (Phi) is 3.99. The predicted molar refractivity (Wildman–Crippen MR) is 82.2 cm³/mol. The van der Waals surface area contributed by atoms with Crippen LogP contribution >= 0.6 is 0 Å². The van der Waals surface area contributed by atoms with Crippen LogP contribution in [-0.2, 0) is 0 Å². The van der Waals surface area contributed by atoms with Crippen LogP contribution in [0.5, 0.6) is 5.75 Å². The maximum absolute atomic E-state index is 6.39. The number of para-hydroxylation sites is 1. The summed E-state index contributed by atoms with van der Waals surface area (Å²) in [5.41, 5.74) is 1.44. The zero-order valence-corrected chi connectivity index (χ0v) is 12.7. The second kappa shape index (κ2) is 5.74. The Morgan fingerprint density at radius 3 is 2.75 bits per heavy atom. The van der Waals surface area contributed by atoms with Gasteiger partial charge < -0.3 is 15.0 Å². The van der Waals surface area contributed by atoms with Crippen molar-refractivity contribution in [2.75, 3.05) is 27.2 Å². The van der Waals surface area contributed by atoms with E-state index in [2.05, 4.69) is 48.6 Å². The van der Waals surface area contributed by atoms with Crippen LogP contribution in [0.2, 0.25) is 0 Å². The van der Waals surface area contributed by atoms with Gasteiger partial charge in [-0.1, -0.05) is 18.2 Å². The molecule has 1 atom stereocenters. The molecule has 1 saturated carbocycles. The van der Waals surface area contributed by atoms with Crippen molar-refractivity contribution in [3.8, 4) is 5.75 Å². The number of rotatable bonds is 4. The summed E-state index contributed by atoms with van der Waals surface area (Å²) in [7, 11) is 4.25. The number of ether oxygens (including phenoxy) is 1. The second-order valence-corrected chi connectivity index (χ2v) is 6.54. The summed E-state index contributed by atoms with van der Waals surface area (Å²) >= 11 is 0. The molecule has 1 unspecified atom stereocenters. The monoisotopic (exact) mass is 274 g/mol. The highest BCUT2D eigenvalue weighted by molar-refractivity contribution is 5.39. The molecule has 0 saturated heterocycles. The lowest BCUT2D eigenvalue weighted by atomic mass is 9.86. The fourth-order valence-corrected chi connectivity index (χ4v) is 3.59. The Bertz CT molecular complexity index is 452. The van der Waals surface area contributed by atoms with E-state index in [9.17, 15) is 0 Å². The highest BCUT2D eigenvalue weighted by Crippen LogP contribution is 2.46. The van der Waals surface area contributed by atoms with Crippen molar-refractivity contribution >= 4 is 0 Å². The van der Waals surface area contributed by atoms with E-state index in [-0.39, 0.29) is 5.60 Å². The lowest BCUT2D eigenvalue weighted by Crippen LogP contribution is -2.43. The highest BCUT2D eigenvalue weighted by atomic mass is 16.5. The van der Waals surface area contributed by atoms with Crippen LogP contribution in [0, 0.1) is 0 Å². The van der Waals surface area contributed by atoms with Crippen molar-refractivity contribution < 1.29 is 4.74 Å². The standard InChI is InChI=1S/C17H26N2O/c1-19(2)12-11-18-15-13-17(9-5-6-10-17)20-16-8-4-3-7-14(15)16/h3-4,7-8,15,18H,5-6,9-13H2,1-2H3. The average Bonchev–Trinajstić information content (AvgIpc) is 2.86. The van der Waals surface area contributed by atoms with Gasteiger partial charge in [0, 0.05) is 31.1 Å². The summed E-state index contributed by atoms with van der Waals surface area (Å²) in [5.74, 6) is 1.10. The maximum Gasteiger partial charge on any atom is 0.124 e. The van der Waals surface area contributed by atoms with Crippen molar-refractivity contribution in [2.24, 2.45) is 0 Å². The first-order valence-electron chi connectivity index (χ1n) is 7.85. The molecule has 1 aliphatic heterocycles. The minimum Gasteiger partial charge on any atom is -0.487 e. The molecule has 1 aromatic rings. The number of likely N-dealkylation sites (N-methyl/N-ethyl adjacent to an activating group) is 1. The van der Waals surface area contributed by atoms with Crippen molar-refractivity contribution in [3.05, 3.63) is 29.8 Å². The Hall–Kier alpha value is -1.06. The normalized spacial score (nSPS) is 23.9. The van der Waals surface area contributed by atoms with Gasteiger partial charge >= 0.3 is 0 Å². The van der Waals surface area contributed by atoms with Gasteiger partial charge in [-0.3, -0.25) is 0 Å². The molecule has 3 rings (SSSR count). The second-order valence-electron chi connectivity index (χ2n) is 6.54. The fraction of sp³-hybridized carbons (Fsp3) is 0.647. The van der Waals surface area contributed by atoms with Crippen molar-refractivity contribution in [3.63, 3.8) is 0 Å².